The Labute approximate surface area is 137 Å². The molecule has 1 unspecified atom stereocenters. The standard InChI is InChI=1S/C16H15BrClFO2/c1-3-21-14-6-4-10(8-12(14)17)16(18)11-5-7-15(20-2)13(19)9-11/h4-9,16H,3H2,1-2H3. The van der Waals surface area contributed by atoms with Crippen LogP contribution in [0.3, 0.4) is 0 Å². The summed E-state index contributed by atoms with van der Waals surface area (Å²) < 4.78 is 24.9. The first-order chi connectivity index (χ1) is 10.1. The monoisotopic (exact) mass is 372 g/mol. The number of hydrogen-bond acceptors (Lipinski definition) is 2. The lowest BCUT2D eigenvalue weighted by Crippen LogP contribution is -1.98. The molecular weight excluding hydrogens is 359 g/mol. The van der Waals surface area contributed by atoms with Crippen molar-refractivity contribution >= 4 is 27.5 Å². The molecule has 0 spiro atoms. The van der Waals surface area contributed by atoms with Crippen molar-refractivity contribution in [1.29, 1.82) is 0 Å². The van der Waals surface area contributed by atoms with Gasteiger partial charge in [-0.1, -0.05) is 12.1 Å². The quantitative estimate of drug-likeness (QED) is 0.660. The molecule has 1 atom stereocenters. The van der Waals surface area contributed by atoms with Crippen LogP contribution in [0.1, 0.15) is 23.4 Å². The third-order valence-electron chi connectivity index (χ3n) is 3.02. The van der Waals surface area contributed by atoms with E-state index in [2.05, 4.69) is 15.9 Å². The van der Waals surface area contributed by atoms with E-state index in [1.807, 2.05) is 25.1 Å². The van der Waals surface area contributed by atoms with Gasteiger partial charge in [0.15, 0.2) is 11.6 Å². The second kappa shape index (κ2) is 7.14. The maximum atomic E-state index is 13.8. The molecule has 2 rings (SSSR count). The largest absolute Gasteiger partial charge is 0.494 e. The molecule has 112 valence electrons. The average molecular weight is 374 g/mol. The van der Waals surface area contributed by atoms with Crippen LogP contribution in [0.25, 0.3) is 0 Å². The van der Waals surface area contributed by atoms with Gasteiger partial charge >= 0.3 is 0 Å². The van der Waals surface area contributed by atoms with E-state index < -0.39 is 11.2 Å². The highest BCUT2D eigenvalue weighted by atomic mass is 79.9. The fraction of sp³-hybridized carbons (Fsp3) is 0.250. The Balaban J connectivity index is 2.29. The molecule has 0 aliphatic rings. The van der Waals surface area contributed by atoms with Gasteiger partial charge in [-0.3, -0.25) is 0 Å². The molecular formula is C16H15BrClFO2. The summed E-state index contributed by atoms with van der Waals surface area (Å²) in [5.41, 5.74) is 1.53. The third-order valence-corrected chi connectivity index (χ3v) is 4.14. The van der Waals surface area contributed by atoms with Gasteiger partial charge in [0.2, 0.25) is 0 Å². The first kappa shape index (κ1) is 16.1. The molecule has 0 saturated carbocycles. The van der Waals surface area contributed by atoms with Crippen molar-refractivity contribution in [2.75, 3.05) is 13.7 Å². The van der Waals surface area contributed by atoms with Gasteiger partial charge in [0, 0.05) is 0 Å². The van der Waals surface area contributed by atoms with E-state index >= 15 is 0 Å². The number of hydrogen-bond donors (Lipinski definition) is 0. The van der Waals surface area contributed by atoms with Crippen molar-refractivity contribution in [1.82, 2.24) is 0 Å². The minimum Gasteiger partial charge on any atom is -0.494 e. The lowest BCUT2D eigenvalue weighted by Gasteiger charge is -2.14. The maximum absolute atomic E-state index is 13.8. The highest BCUT2D eigenvalue weighted by molar-refractivity contribution is 9.10. The highest BCUT2D eigenvalue weighted by Gasteiger charge is 2.15. The summed E-state index contributed by atoms with van der Waals surface area (Å²) in [6, 6.07) is 10.3. The molecule has 0 N–H and O–H groups in total. The number of benzene rings is 2. The Hall–Kier alpha value is -1.26. The normalized spacial score (nSPS) is 12.0. The zero-order valence-electron chi connectivity index (χ0n) is 11.7. The van der Waals surface area contributed by atoms with Crippen LogP contribution in [0, 0.1) is 5.82 Å². The fourth-order valence-corrected chi connectivity index (χ4v) is 2.76. The van der Waals surface area contributed by atoms with E-state index in [4.69, 9.17) is 21.1 Å². The Bertz CT molecular complexity index is 634. The molecule has 0 radical (unpaired) electrons. The average Bonchev–Trinajstić information content (AvgIpc) is 2.48. The molecule has 0 fully saturated rings. The first-order valence-corrected chi connectivity index (χ1v) is 7.69. The van der Waals surface area contributed by atoms with Crippen molar-refractivity contribution in [2.24, 2.45) is 0 Å². The van der Waals surface area contributed by atoms with E-state index in [-0.39, 0.29) is 5.75 Å². The minimum atomic E-state index is -0.447. The molecule has 0 aromatic heterocycles. The van der Waals surface area contributed by atoms with Gasteiger partial charge in [-0.05, 0) is 58.2 Å². The summed E-state index contributed by atoms with van der Waals surface area (Å²) in [5.74, 6) is 0.534. The lowest BCUT2D eigenvalue weighted by atomic mass is 10.0. The summed E-state index contributed by atoms with van der Waals surface area (Å²) in [6.07, 6.45) is 0. The molecule has 0 aliphatic carbocycles. The topological polar surface area (TPSA) is 18.5 Å². The highest BCUT2D eigenvalue weighted by Crippen LogP contribution is 2.35. The molecule has 0 bridgehead atoms. The Morgan fingerprint density at radius 1 is 1.14 bits per heavy atom. The fourth-order valence-electron chi connectivity index (χ4n) is 1.98. The van der Waals surface area contributed by atoms with Crippen LogP contribution in [0.2, 0.25) is 0 Å². The Morgan fingerprint density at radius 2 is 1.76 bits per heavy atom. The van der Waals surface area contributed by atoms with Gasteiger partial charge < -0.3 is 9.47 Å². The molecule has 21 heavy (non-hydrogen) atoms. The minimum absolute atomic E-state index is 0.204. The van der Waals surface area contributed by atoms with Crippen LogP contribution in [-0.4, -0.2) is 13.7 Å². The second-order valence-corrected chi connectivity index (χ2v) is 5.67. The van der Waals surface area contributed by atoms with Crippen molar-refractivity contribution in [3.05, 3.63) is 57.8 Å². The summed E-state index contributed by atoms with van der Waals surface area (Å²) in [5, 5.41) is -0.447. The smallest absolute Gasteiger partial charge is 0.165 e. The lowest BCUT2D eigenvalue weighted by molar-refractivity contribution is 0.338. The van der Waals surface area contributed by atoms with E-state index in [9.17, 15) is 4.39 Å². The molecule has 2 aromatic rings. The Kier molecular flexibility index (Phi) is 5.48. The van der Waals surface area contributed by atoms with Crippen LogP contribution >= 0.6 is 27.5 Å². The molecule has 5 heteroatoms. The summed E-state index contributed by atoms with van der Waals surface area (Å²) >= 11 is 9.88. The summed E-state index contributed by atoms with van der Waals surface area (Å²) in [7, 11) is 1.43. The van der Waals surface area contributed by atoms with Crippen LogP contribution in [0.15, 0.2) is 40.9 Å². The van der Waals surface area contributed by atoms with Crippen LogP contribution in [0.5, 0.6) is 11.5 Å². The first-order valence-electron chi connectivity index (χ1n) is 6.46. The number of halogens is 3. The van der Waals surface area contributed by atoms with Crippen molar-refractivity contribution in [3.63, 3.8) is 0 Å². The molecule has 2 nitrogen and oxygen atoms in total. The second-order valence-electron chi connectivity index (χ2n) is 4.38. The number of rotatable bonds is 5. The van der Waals surface area contributed by atoms with Gasteiger partial charge in [0.05, 0.1) is 23.6 Å². The van der Waals surface area contributed by atoms with Gasteiger partial charge in [-0.25, -0.2) is 4.39 Å². The van der Waals surface area contributed by atoms with Gasteiger partial charge in [-0.2, -0.15) is 0 Å². The van der Waals surface area contributed by atoms with E-state index in [1.54, 1.807) is 12.1 Å². The van der Waals surface area contributed by atoms with Crippen LogP contribution < -0.4 is 9.47 Å². The molecule has 0 aliphatic heterocycles. The van der Waals surface area contributed by atoms with Crippen molar-refractivity contribution < 1.29 is 13.9 Å². The third kappa shape index (κ3) is 3.69. The number of ether oxygens (including phenoxy) is 2. The van der Waals surface area contributed by atoms with Crippen molar-refractivity contribution in [2.45, 2.75) is 12.3 Å². The molecule has 0 amide bonds. The number of alkyl halides is 1. The SMILES string of the molecule is CCOc1ccc(C(Cl)c2ccc(OC)c(F)c2)cc1Br. The molecule has 2 aromatic carbocycles. The molecule has 0 saturated heterocycles. The molecule has 0 heterocycles. The summed E-state index contributed by atoms with van der Waals surface area (Å²) in [4.78, 5) is 0. The van der Waals surface area contributed by atoms with Gasteiger partial charge in [-0.15, -0.1) is 11.6 Å². The zero-order valence-corrected chi connectivity index (χ0v) is 14.0. The number of methoxy groups -OCH3 is 1. The van der Waals surface area contributed by atoms with Crippen molar-refractivity contribution in [3.8, 4) is 11.5 Å². The van der Waals surface area contributed by atoms with E-state index in [0.29, 0.717) is 12.2 Å². The predicted molar refractivity (Wildman–Crippen MR) is 86.0 cm³/mol. The van der Waals surface area contributed by atoms with E-state index in [0.717, 1.165) is 15.8 Å². The Morgan fingerprint density at radius 3 is 2.29 bits per heavy atom. The zero-order chi connectivity index (χ0) is 15.4. The summed E-state index contributed by atoms with van der Waals surface area (Å²) in [6.45, 7) is 2.51. The van der Waals surface area contributed by atoms with Gasteiger partial charge in [0.1, 0.15) is 5.75 Å². The maximum Gasteiger partial charge on any atom is 0.165 e. The predicted octanol–water partition coefficient (Wildman–Crippen LogP) is 5.32. The van der Waals surface area contributed by atoms with E-state index in [1.165, 1.54) is 13.2 Å². The van der Waals surface area contributed by atoms with Crippen LogP contribution in [0.4, 0.5) is 4.39 Å². The van der Waals surface area contributed by atoms with Crippen LogP contribution in [-0.2, 0) is 0 Å². The van der Waals surface area contributed by atoms with Gasteiger partial charge in [0.25, 0.3) is 0 Å².